The Morgan fingerprint density at radius 3 is 2.26 bits per heavy atom. The summed E-state index contributed by atoms with van der Waals surface area (Å²) < 4.78 is 11.7. The van der Waals surface area contributed by atoms with Gasteiger partial charge in [0.05, 0.1) is 12.8 Å². The van der Waals surface area contributed by atoms with Crippen molar-refractivity contribution >= 4 is 45.5 Å². The fourth-order valence-electron chi connectivity index (χ4n) is 7.56. The maximum absolute atomic E-state index is 13.5. The van der Waals surface area contributed by atoms with Crippen molar-refractivity contribution in [3.63, 3.8) is 0 Å². The van der Waals surface area contributed by atoms with Gasteiger partial charge in [-0.05, 0) is 103 Å². The summed E-state index contributed by atoms with van der Waals surface area (Å²) in [5, 5.41) is 2.32. The van der Waals surface area contributed by atoms with E-state index in [1.54, 1.807) is 18.2 Å². The first-order chi connectivity index (χ1) is 18.8. The van der Waals surface area contributed by atoms with Gasteiger partial charge in [0.2, 0.25) is 0 Å². The van der Waals surface area contributed by atoms with Crippen LogP contribution >= 0.6 is 15.9 Å². The van der Waals surface area contributed by atoms with Crippen molar-refractivity contribution < 1.29 is 23.9 Å². The number of imide groups is 2. The first-order valence-electron chi connectivity index (χ1n) is 13.4. The SMILES string of the molecule is C=CCOc1cc(Br)c(/C=C2/C(=O)NC(=O)N(c3ccc(C45CC6CC(CC(C6)C4)C5)cc3)C2=O)cc1OC. The van der Waals surface area contributed by atoms with Crippen molar-refractivity contribution in [2.75, 3.05) is 18.6 Å². The Morgan fingerprint density at radius 1 is 1.03 bits per heavy atom. The fraction of sp³-hybridized carbons (Fsp3) is 0.387. The number of hydrogen-bond donors (Lipinski definition) is 1. The quantitative estimate of drug-likeness (QED) is 0.237. The van der Waals surface area contributed by atoms with Gasteiger partial charge in [-0.1, -0.05) is 40.7 Å². The van der Waals surface area contributed by atoms with Crippen molar-refractivity contribution in [1.29, 1.82) is 0 Å². The van der Waals surface area contributed by atoms with E-state index in [9.17, 15) is 14.4 Å². The second kappa shape index (κ2) is 9.97. The maximum atomic E-state index is 13.5. The molecule has 4 aliphatic carbocycles. The second-order valence-corrected chi connectivity index (χ2v) is 12.2. The molecule has 0 aromatic heterocycles. The number of nitrogens with one attached hydrogen (secondary N) is 1. The summed E-state index contributed by atoms with van der Waals surface area (Å²) >= 11 is 3.49. The first-order valence-corrected chi connectivity index (χ1v) is 14.2. The zero-order valence-corrected chi connectivity index (χ0v) is 23.5. The molecule has 8 heteroatoms. The van der Waals surface area contributed by atoms with E-state index >= 15 is 0 Å². The number of methoxy groups -OCH3 is 1. The van der Waals surface area contributed by atoms with Crippen LogP contribution in [0, 0.1) is 17.8 Å². The zero-order valence-electron chi connectivity index (χ0n) is 21.9. The molecule has 1 aliphatic heterocycles. The Hall–Kier alpha value is -3.39. The Bertz CT molecular complexity index is 1360. The summed E-state index contributed by atoms with van der Waals surface area (Å²) in [5.74, 6) is 1.97. The summed E-state index contributed by atoms with van der Waals surface area (Å²) in [6.45, 7) is 3.94. The molecule has 4 bridgehead atoms. The van der Waals surface area contributed by atoms with Gasteiger partial charge in [-0.15, -0.1) is 0 Å². The number of carbonyl (C=O) groups excluding carboxylic acids is 3. The summed E-state index contributed by atoms with van der Waals surface area (Å²) in [6.07, 6.45) is 10.9. The third-order valence-electron chi connectivity index (χ3n) is 8.82. The molecule has 7 nitrogen and oxygen atoms in total. The van der Waals surface area contributed by atoms with Crippen molar-refractivity contribution in [2.24, 2.45) is 17.8 Å². The number of nitrogens with zero attached hydrogens (tertiary/aromatic N) is 1. The fourth-order valence-corrected chi connectivity index (χ4v) is 8.00. The third-order valence-corrected chi connectivity index (χ3v) is 9.50. The number of halogens is 1. The van der Waals surface area contributed by atoms with Gasteiger partial charge >= 0.3 is 6.03 Å². The Morgan fingerprint density at radius 2 is 1.67 bits per heavy atom. The zero-order chi connectivity index (χ0) is 27.3. The Kier molecular flexibility index (Phi) is 6.61. The van der Waals surface area contributed by atoms with E-state index < -0.39 is 17.8 Å². The number of barbiturate groups is 1. The molecule has 202 valence electrons. The lowest BCUT2D eigenvalue weighted by atomic mass is 9.48. The van der Waals surface area contributed by atoms with Gasteiger partial charge in [0.15, 0.2) is 11.5 Å². The van der Waals surface area contributed by atoms with E-state index in [4.69, 9.17) is 9.47 Å². The van der Waals surface area contributed by atoms with Crippen molar-refractivity contribution in [3.05, 3.63) is 70.2 Å². The van der Waals surface area contributed by atoms with Crippen LogP contribution in [0.1, 0.15) is 49.7 Å². The summed E-state index contributed by atoms with van der Waals surface area (Å²) in [4.78, 5) is 40.1. The van der Waals surface area contributed by atoms with E-state index in [-0.39, 0.29) is 11.0 Å². The standard InChI is InChI=1S/C31H31BrN2O5/c1-3-8-39-27-14-25(32)21(13-26(27)38-2)12-24-28(35)33-30(37)34(29(24)36)23-6-4-22(5-7-23)31-15-18-9-19(16-31)11-20(10-18)17-31/h3-7,12-14,18-20H,1,8-11,15-17H2,2H3,(H,33,35,37)/b24-12-. The minimum atomic E-state index is -0.755. The van der Waals surface area contributed by atoms with Crippen molar-refractivity contribution in [3.8, 4) is 11.5 Å². The molecule has 2 aromatic rings. The number of ether oxygens (including phenoxy) is 2. The smallest absolute Gasteiger partial charge is 0.335 e. The highest BCUT2D eigenvalue weighted by Crippen LogP contribution is 2.60. The molecular formula is C31H31BrN2O5. The molecule has 7 rings (SSSR count). The molecule has 1 saturated heterocycles. The summed E-state index contributed by atoms with van der Waals surface area (Å²) in [5.41, 5.74) is 2.34. The predicted octanol–water partition coefficient (Wildman–Crippen LogP) is 6.16. The largest absolute Gasteiger partial charge is 0.493 e. The van der Waals surface area contributed by atoms with Crippen LogP contribution in [0.4, 0.5) is 10.5 Å². The highest BCUT2D eigenvalue weighted by atomic mass is 79.9. The monoisotopic (exact) mass is 590 g/mol. The van der Waals surface area contributed by atoms with Gasteiger partial charge in [-0.2, -0.15) is 0 Å². The van der Waals surface area contributed by atoms with E-state index in [1.165, 1.54) is 57.3 Å². The molecule has 39 heavy (non-hydrogen) atoms. The van der Waals surface area contributed by atoms with Crippen LogP contribution in [0.3, 0.4) is 0 Å². The molecule has 0 radical (unpaired) electrons. The molecule has 0 atom stereocenters. The van der Waals surface area contributed by atoms with E-state index in [2.05, 4.69) is 40.0 Å². The summed E-state index contributed by atoms with van der Waals surface area (Å²) in [7, 11) is 1.51. The average Bonchev–Trinajstić information content (AvgIpc) is 2.90. The van der Waals surface area contributed by atoms with Crippen LogP contribution in [0.5, 0.6) is 11.5 Å². The van der Waals surface area contributed by atoms with Crippen LogP contribution in [0.2, 0.25) is 0 Å². The van der Waals surface area contributed by atoms with Crippen molar-refractivity contribution in [2.45, 2.75) is 43.9 Å². The van der Waals surface area contributed by atoms with E-state index in [1.807, 2.05) is 12.1 Å². The van der Waals surface area contributed by atoms with Crippen LogP contribution in [-0.4, -0.2) is 31.6 Å². The second-order valence-electron chi connectivity index (χ2n) is 11.3. The number of amides is 4. The maximum Gasteiger partial charge on any atom is 0.335 e. The Labute approximate surface area is 236 Å². The first kappa shape index (κ1) is 25.9. The molecule has 0 spiro atoms. The summed E-state index contributed by atoms with van der Waals surface area (Å²) in [6, 6.07) is 10.4. The molecule has 2 aromatic carbocycles. The highest BCUT2D eigenvalue weighted by molar-refractivity contribution is 9.10. The number of urea groups is 1. The number of carbonyl (C=O) groups is 3. The molecule has 4 amide bonds. The lowest BCUT2D eigenvalue weighted by Gasteiger charge is -2.57. The molecule has 5 fully saturated rings. The van der Waals surface area contributed by atoms with Gasteiger partial charge in [-0.25, -0.2) is 9.69 Å². The van der Waals surface area contributed by atoms with Crippen LogP contribution < -0.4 is 19.7 Å². The predicted molar refractivity (Wildman–Crippen MR) is 152 cm³/mol. The molecular weight excluding hydrogens is 560 g/mol. The lowest BCUT2D eigenvalue weighted by Crippen LogP contribution is -2.54. The Balaban J connectivity index is 1.28. The lowest BCUT2D eigenvalue weighted by molar-refractivity contribution is -0.122. The molecule has 1 N–H and O–H groups in total. The topological polar surface area (TPSA) is 84.9 Å². The van der Waals surface area contributed by atoms with Gasteiger partial charge in [0, 0.05) is 4.47 Å². The van der Waals surface area contributed by atoms with Crippen LogP contribution in [0.15, 0.2) is 59.1 Å². The van der Waals surface area contributed by atoms with Gasteiger partial charge in [-0.3, -0.25) is 14.9 Å². The minimum Gasteiger partial charge on any atom is -0.493 e. The molecule has 5 aliphatic rings. The van der Waals surface area contributed by atoms with Gasteiger partial charge in [0.1, 0.15) is 12.2 Å². The van der Waals surface area contributed by atoms with Crippen LogP contribution in [-0.2, 0) is 15.0 Å². The molecule has 0 unspecified atom stereocenters. The van der Waals surface area contributed by atoms with Crippen LogP contribution in [0.25, 0.3) is 6.08 Å². The molecule has 4 saturated carbocycles. The van der Waals surface area contributed by atoms with Crippen molar-refractivity contribution in [1.82, 2.24) is 5.32 Å². The average molecular weight is 592 g/mol. The highest BCUT2D eigenvalue weighted by Gasteiger charge is 2.51. The number of benzene rings is 2. The van der Waals surface area contributed by atoms with Gasteiger partial charge in [0.25, 0.3) is 11.8 Å². The van der Waals surface area contributed by atoms with Gasteiger partial charge < -0.3 is 9.47 Å². The normalized spacial score (nSPS) is 28.6. The molecule has 1 heterocycles. The number of rotatable bonds is 7. The van der Waals surface area contributed by atoms with E-state index in [0.717, 1.165) is 22.7 Å². The number of anilines is 1. The minimum absolute atomic E-state index is 0.151. The number of hydrogen-bond acceptors (Lipinski definition) is 5. The van der Waals surface area contributed by atoms with E-state index in [0.29, 0.717) is 33.8 Å². The third kappa shape index (κ3) is 4.58.